The molecule has 0 saturated heterocycles. The van der Waals surface area contributed by atoms with Crippen LogP contribution in [0.5, 0.6) is 11.5 Å². The van der Waals surface area contributed by atoms with Crippen LogP contribution in [0.4, 0.5) is 4.79 Å². The van der Waals surface area contributed by atoms with Crippen LogP contribution in [0.25, 0.3) is 10.9 Å². The normalized spacial score (nSPS) is 15.0. The summed E-state index contributed by atoms with van der Waals surface area (Å²) in [6.07, 6.45) is 5.00. The van der Waals surface area contributed by atoms with Crippen LogP contribution in [-0.2, 0) is 6.42 Å². The Morgan fingerprint density at radius 2 is 1.67 bits per heavy atom. The maximum Gasteiger partial charge on any atom is 0.416 e. The van der Waals surface area contributed by atoms with E-state index in [-0.39, 0.29) is 6.04 Å². The minimum atomic E-state index is -0.411. The van der Waals surface area contributed by atoms with Crippen molar-refractivity contribution in [2.45, 2.75) is 52.0 Å². The van der Waals surface area contributed by atoms with E-state index in [0.29, 0.717) is 35.4 Å². The van der Waals surface area contributed by atoms with Crippen LogP contribution in [0, 0.1) is 5.92 Å². The number of H-pyrrole nitrogens is 1. The molecule has 204 valence electrons. The molecular formula is C32H34Cl2N2O3. The first-order valence-electron chi connectivity index (χ1n) is 13.7. The van der Waals surface area contributed by atoms with Crippen LogP contribution in [-0.4, -0.2) is 29.1 Å². The van der Waals surface area contributed by atoms with Gasteiger partial charge in [-0.25, -0.2) is 4.79 Å². The number of nitrogens with zero attached hydrogens (tertiary/aromatic N) is 1. The maximum absolute atomic E-state index is 13.5. The number of hydrogen-bond donors (Lipinski definition) is 1. The Hall–Kier alpha value is -3.15. The summed E-state index contributed by atoms with van der Waals surface area (Å²) in [7, 11) is 0. The summed E-state index contributed by atoms with van der Waals surface area (Å²) in [5, 5.41) is 2.37. The highest BCUT2D eigenvalue weighted by molar-refractivity contribution is 6.31. The third-order valence-corrected chi connectivity index (χ3v) is 7.72. The lowest BCUT2D eigenvalue weighted by atomic mass is 9.92. The predicted molar refractivity (Wildman–Crippen MR) is 158 cm³/mol. The summed E-state index contributed by atoms with van der Waals surface area (Å²) in [5.41, 5.74) is 4.13. The Balaban J connectivity index is 1.38. The second-order valence-corrected chi connectivity index (χ2v) is 11.4. The Bertz CT molecular complexity index is 1410. The number of amides is 1. The number of benzene rings is 3. The van der Waals surface area contributed by atoms with Gasteiger partial charge >= 0.3 is 6.09 Å². The standard InChI is InChI=1S/C32H34Cl2N2O3/c1-21(2)6-4-3-5-19-38-25-12-7-22(8-13-25)31-30-27(28-20-24(34)11-16-29(28)35-30)17-18-36(31)32(37)39-26-14-9-23(33)10-15-26/h7-16,20-21,31,35H,3-6,17-19H2,1-2H3. The Morgan fingerprint density at radius 1 is 0.949 bits per heavy atom. The van der Waals surface area contributed by atoms with Crippen molar-refractivity contribution in [3.05, 3.63) is 93.6 Å². The van der Waals surface area contributed by atoms with Crippen LogP contribution < -0.4 is 9.47 Å². The Labute approximate surface area is 240 Å². The molecule has 5 nitrogen and oxygen atoms in total. The molecule has 7 heteroatoms. The fourth-order valence-corrected chi connectivity index (χ4v) is 5.53. The molecule has 2 heterocycles. The summed E-state index contributed by atoms with van der Waals surface area (Å²) in [6.45, 7) is 5.74. The lowest BCUT2D eigenvalue weighted by Crippen LogP contribution is -2.42. The van der Waals surface area contributed by atoms with Crippen molar-refractivity contribution in [3.8, 4) is 11.5 Å². The molecule has 1 aromatic heterocycles. The number of carbonyl (C=O) groups excluding carboxylic acids is 1. The molecule has 0 radical (unpaired) electrons. The molecule has 1 aliphatic heterocycles. The Morgan fingerprint density at radius 3 is 2.41 bits per heavy atom. The van der Waals surface area contributed by atoms with Gasteiger partial charge in [-0.3, -0.25) is 4.90 Å². The molecule has 0 bridgehead atoms. The molecule has 1 N–H and O–H groups in total. The minimum absolute atomic E-state index is 0.343. The van der Waals surface area contributed by atoms with Gasteiger partial charge in [0.05, 0.1) is 6.61 Å². The molecular weight excluding hydrogens is 531 g/mol. The molecule has 0 aliphatic carbocycles. The second-order valence-electron chi connectivity index (χ2n) is 10.5. The van der Waals surface area contributed by atoms with E-state index in [0.717, 1.165) is 40.2 Å². The van der Waals surface area contributed by atoms with Crippen LogP contribution >= 0.6 is 23.2 Å². The molecule has 0 spiro atoms. The minimum Gasteiger partial charge on any atom is -0.494 e. The molecule has 3 aromatic carbocycles. The summed E-state index contributed by atoms with van der Waals surface area (Å²) in [4.78, 5) is 18.8. The van der Waals surface area contributed by atoms with Crippen molar-refractivity contribution in [1.29, 1.82) is 0 Å². The molecule has 39 heavy (non-hydrogen) atoms. The average molecular weight is 566 g/mol. The van der Waals surface area contributed by atoms with Gasteiger partial charge in [0.2, 0.25) is 0 Å². The fourth-order valence-electron chi connectivity index (χ4n) is 5.23. The highest BCUT2D eigenvalue weighted by Gasteiger charge is 2.35. The van der Waals surface area contributed by atoms with Gasteiger partial charge < -0.3 is 14.5 Å². The molecule has 1 unspecified atom stereocenters. The topological polar surface area (TPSA) is 54.6 Å². The monoisotopic (exact) mass is 564 g/mol. The van der Waals surface area contributed by atoms with Crippen LogP contribution in [0.1, 0.15) is 62.4 Å². The molecule has 4 aromatic rings. The van der Waals surface area contributed by atoms with E-state index in [4.69, 9.17) is 32.7 Å². The zero-order valence-corrected chi connectivity index (χ0v) is 23.9. The van der Waals surface area contributed by atoms with Crippen LogP contribution in [0.15, 0.2) is 66.7 Å². The summed E-state index contributed by atoms with van der Waals surface area (Å²) in [5.74, 6) is 2.03. The number of ether oxygens (including phenoxy) is 2. The van der Waals surface area contributed by atoms with Gasteiger partial charge in [-0.2, -0.15) is 0 Å². The molecule has 1 amide bonds. The number of rotatable bonds is 9. The van der Waals surface area contributed by atoms with Gasteiger partial charge in [0.25, 0.3) is 0 Å². The third-order valence-electron chi connectivity index (χ3n) is 7.23. The van der Waals surface area contributed by atoms with Gasteiger partial charge in [0, 0.05) is 33.2 Å². The van der Waals surface area contributed by atoms with Crippen molar-refractivity contribution in [3.63, 3.8) is 0 Å². The van der Waals surface area contributed by atoms with E-state index < -0.39 is 6.09 Å². The smallest absolute Gasteiger partial charge is 0.416 e. The molecule has 0 fully saturated rings. The first-order chi connectivity index (χ1) is 18.9. The summed E-state index contributed by atoms with van der Waals surface area (Å²) in [6, 6.07) is 20.4. The van der Waals surface area contributed by atoms with Gasteiger partial charge in [-0.15, -0.1) is 0 Å². The van der Waals surface area contributed by atoms with Crippen LogP contribution in [0.3, 0.4) is 0 Å². The number of unbranched alkanes of at least 4 members (excludes halogenated alkanes) is 2. The quantitative estimate of drug-likeness (QED) is 0.206. The number of hydrogen-bond acceptors (Lipinski definition) is 3. The lowest BCUT2D eigenvalue weighted by Gasteiger charge is -2.35. The molecule has 1 atom stereocenters. The van der Waals surface area contributed by atoms with Gasteiger partial charge in [0.1, 0.15) is 17.5 Å². The zero-order valence-electron chi connectivity index (χ0n) is 22.4. The number of carbonyl (C=O) groups is 1. The van der Waals surface area contributed by atoms with Crippen molar-refractivity contribution in [1.82, 2.24) is 9.88 Å². The Kier molecular flexibility index (Phi) is 8.69. The highest BCUT2D eigenvalue weighted by Crippen LogP contribution is 2.40. The van der Waals surface area contributed by atoms with Crippen LogP contribution in [0.2, 0.25) is 10.0 Å². The fraction of sp³-hybridized carbons (Fsp3) is 0.344. The largest absolute Gasteiger partial charge is 0.494 e. The van der Waals surface area contributed by atoms with E-state index in [1.165, 1.54) is 24.8 Å². The number of aromatic amines is 1. The van der Waals surface area contributed by atoms with Crippen molar-refractivity contribution in [2.75, 3.05) is 13.2 Å². The maximum atomic E-state index is 13.5. The highest BCUT2D eigenvalue weighted by atomic mass is 35.5. The predicted octanol–water partition coefficient (Wildman–Crippen LogP) is 9.22. The second kappa shape index (κ2) is 12.4. The average Bonchev–Trinajstić information content (AvgIpc) is 3.29. The molecule has 1 aliphatic rings. The van der Waals surface area contributed by atoms with E-state index in [1.54, 1.807) is 29.2 Å². The number of fused-ring (bicyclic) bond motifs is 3. The third kappa shape index (κ3) is 6.54. The molecule has 5 rings (SSSR count). The number of nitrogens with one attached hydrogen (secondary N) is 1. The summed E-state index contributed by atoms with van der Waals surface area (Å²) >= 11 is 12.3. The zero-order chi connectivity index (χ0) is 27.4. The van der Waals surface area contributed by atoms with Crippen molar-refractivity contribution in [2.24, 2.45) is 5.92 Å². The van der Waals surface area contributed by atoms with E-state index in [1.807, 2.05) is 42.5 Å². The van der Waals surface area contributed by atoms with Gasteiger partial charge in [0.15, 0.2) is 0 Å². The van der Waals surface area contributed by atoms with Crippen molar-refractivity contribution < 1.29 is 14.3 Å². The van der Waals surface area contributed by atoms with E-state index >= 15 is 0 Å². The summed E-state index contributed by atoms with van der Waals surface area (Å²) < 4.78 is 11.8. The van der Waals surface area contributed by atoms with Gasteiger partial charge in [-0.05, 0) is 84.5 Å². The van der Waals surface area contributed by atoms with E-state index in [9.17, 15) is 4.79 Å². The number of aromatic nitrogens is 1. The van der Waals surface area contributed by atoms with E-state index in [2.05, 4.69) is 18.8 Å². The number of halogens is 2. The lowest BCUT2D eigenvalue weighted by molar-refractivity contribution is 0.135. The van der Waals surface area contributed by atoms with Gasteiger partial charge in [-0.1, -0.05) is 68.4 Å². The first-order valence-corrected chi connectivity index (χ1v) is 14.4. The SMILES string of the molecule is CC(C)CCCCCOc1ccc(C2c3[nH]c4ccc(Cl)cc4c3CCN2C(=O)Oc2ccc(Cl)cc2)cc1. The first kappa shape index (κ1) is 27.4. The van der Waals surface area contributed by atoms with Crippen molar-refractivity contribution >= 4 is 40.2 Å². The molecule has 0 saturated carbocycles.